The SMILES string of the molecule is NC1CCN(C(=O)CCC2CCCC2)C1. The molecule has 3 nitrogen and oxygen atoms in total. The quantitative estimate of drug-likeness (QED) is 0.767. The predicted octanol–water partition coefficient (Wildman–Crippen LogP) is 1.52. The highest BCUT2D eigenvalue weighted by Crippen LogP contribution is 2.28. The van der Waals surface area contributed by atoms with Gasteiger partial charge in [0.05, 0.1) is 0 Å². The molecule has 86 valence electrons. The van der Waals surface area contributed by atoms with E-state index in [1.165, 1.54) is 25.7 Å². The van der Waals surface area contributed by atoms with Gasteiger partial charge in [0.2, 0.25) is 5.91 Å². The van der Waals surface area contributed by atoms with E-state index in [4.69, 9.17) is 5.73 Å². The molecular weight excluding hydrogens is 188 g/mol. The largest absolute Gasteiger partial charge is 0.341 e. The summed E-state index contributed by atoms with van der Waals surface area (Å²) in [5, 5.41) is 0. The molecule has 1 aliphatic carbocycles. The summed E-state index contributed by atoms with van der Waals surface area (Å²) in [5.41, 5.74) is 5.79. The fourth-order valence-corrected chi connectivity index (χ4v) is 2.80. The Morgan fingerprint density at radius 1 is 1.27 bits per heavy atom. The van der Waals surface area contributed by atoms with Gasteiger partial charge < -0.3 is 10.6 Å². The van der Waals surface area contributed by atoms with Crippen LogP contribution < -0.4 is 5.73 Å². The van der Waals surface area contributed by atoms with Crippen molar-refractivity contribution in [2.45, 2.75) is 51.0 Å². The summed E-state index contributed by atoms with van der Waals surface area (Å²) in [5.74, 6) is 1.15. The number of hydrogen-bond donors (Lipinski definition) is 1. The second-order valence-corrected chi connectivity index (χ2v) is 5.08. The minimum atomic E-state index is 0.223. The number of nitrogens with two attached hydrogens (primary N) is 1. The maximum absolute atomic E-state index is 11.8. The Labute approximate surface area is 92.0 Å². The van der Waals surface area contributed by atoms with Crippen LogP contribution in [0.1, 0.15) is 44.9 Å². The third-order valence-corrected chi connectivity index (χ3v) is 3.82. The van der Waals surface area contributed by atoms with Crippen molar-refractivity contribution in [3.05, 3.63) is 0 Å². The van der Waals surface area contributed by atoms with E-state index < -0.39 is 0 Å². The van der Waals surface area contributed by atoms with Crippen LogP contribution in [0.4, 0.5) is 0 Å². The van der Waals surface area contributed by atoms with Gasteiger partial charge in [-0.15, -0.1) is 0 Å². The number of likely N-dealkylation sites (tertiary alicyclic amines) is 1. The van der Waals surface area contributed by atoms with Gasteiger partial charge in [0.15, 0.2) is 0 Å². The molecule has 2 fully saturated rings. The van der Waals surface area contributed by atoms with Gasteiger partial charge in [-0.3, -0.25) is 4.79 Å². The van der Waals surface area contributed by atoms with E-state index in [9.17, 15) is 4.79 Å². The first-order valence-corrected chi connectivity index (χ1v) is 6.29. The first-order valence-electron chi connectivity index (χ1n) is 6.29. The molecule has 1 unspecified atom stereocenters. The molecule has 1 heterocycles. The van der Waals surface area contributed by atoms with Crippen molar-refractivity contribution in [2.75, 3.05) is 13.1 Å². The first kappa shape index (κ1) is 10.9. The van der Waals surface area contributed by atoms with Crippen LogP contribution in [-0.4, -0.2) is 29.9 Å². The molecule has 0 aromatic heterocycles. The Balaban J connectivity index is 1.67. The van der Waals surface area contributed by atoms with Crippen molar-refractivity contribution in [3.8, 4) is 0 Å². The number of rotatable bonds is 3. The molecule has 2 rings (SSSR count). The summed E-state index contributed by atoms with van der Waals surface area (Å²) in [7, 11) is 0. The van der Waals surface area contributed by atoms with Gasteiger partial charge in [-0.1, -0.05) is 25.7 Å². The maximum Gasteiger partial charge on any atom is 0.222 e. The predicted molar refractivity (Wildman–Crippen MR) is 60.4 cm³/mol. The molecule has 0 bridgehead atoms. The van der Waals surface area contributed by atoms with Crippen molar-refractivity contribution < 1.29 is 4.79 Å². The zero-order chi connectivity index (χ0) is 10.7. The van der Waals surface area contributed by atoms with Crippen molar-refractivity contribution in [3.63, 3.8) is 0 Å². The average molecular weight is 210 g/mol. The first-order chi connectivity index (χ1) is 7.25. The van der Waals surface area contributed by atoms with Gasteiger partial charge in [0.25, 0.3) is 0 Å². The van der Waals surface area contributed by atoms with Gasteiger partial charge in [-0.05, 0) is 18.8 Å². The zero-order valence-electron chi connectivity index (χ0n) is 9.45. The van der Waals surface area contributed by atoms with Crippen LogP contribution in [0.2, 0.25) is 0 Å². The number of hydrogen-bond acceptors (Lipinski definition) is 2. The van der Waals surface area contributed by atoms with Crippen LogP contribution in [0.3, 0.4) is 0 Å². The van der Waals surface area contributed by atoms with Crippen LogP contribution in [0, 0.1) is 5.92 Å². The van der Waals surface area contributed by atoms with Crippen LogP contribution >= 0.6 is 0 Å². The van der Waals surface area contributed by atoms with Gasteiger partial charge in [-0.2, -0.15) is 0 Å². The Bertz CT molecular complexity index is 224. The molecule has 3 heteroatoms. The smallest absolute Gasteiger partial charge is 0.222 e. The van der Waals surface area contributed by atoms with E-state index in [1.54, 1.807) is 0 Å². The molecule has 15 heavy (non-hydrogen) atoms. The number of amides is 1. The van der Waals surface area contributed by atoms with Gasteiger partial charge in [0.1, 0.15) is 0 Å². The maximum atomic E-state index is 11.8. The molecule has 0 aromatic carbocycles. The lowest BCUT2D eigenvalue weighted by atomic mass is 10.0. The third-order valence-electron chi connectivity index (χ3n) is 3.82. The summed E-state index contributed by atoms with van der Waals surface area (Å²) >= 11 is 0. The van der Waals surface area contributed by atoms with E-state index in [-0.39, 0.29) is 6.04 Å². The zero-order valence-corrected chi connectivity index (χ0v) is 9.45. The summed E-state index contributed by atoms with van der Waals surface area (Å²) < 4.78 is 0. The summed E-state index contributed by atoms with van der Waals surface area (Å²) in [4.78, 5) is 13.8. The van der Waals surface area contributed by atoms with Crippen LogP contribution in [0.5, 0.6) is 0 Å². The Morgan fingerprint density at radius 3 is 2.60 bits per heavy atom. The number of carbonyl (C=O) groups is 1. The highest BCUT2D eigenvalue weighted by atomic mass is 16.2. The number of carbonyl (C=O) groups excluding carboxylic acids is 1. The van der Waals surface area contributed by atoms with E-state index in [0.29, 0.717) is 5.91 Å². The fourth-order valence-electron chi connectivity index (χ4n) is 2.80. The second kappa shape index (κ2) is 4.97. The second-order valence-electron chi connectivity index (χ2n) is 5.08. The molecule has 1 atom stereocenters. The molecule has 1 aliphatic heterocycles. The van der Waals surface area contributed by atoms with Crippen LogP contribution in [0.15, 0.2) is 0 Å². The molecule has 2 N–H and O–H groups in total. The highest BCUT2D eigenvalue weighted by Gasteiger charge is 2.24. The van der Waals surface area contributed by atoms with E-state index >= 15 is 0 Å². The monoisotopic (exact) mass is 210 g/mol. The highest BCUT2D eigenvalue weighted by molar-refractivity contribution is 5.76. The Hall–Kier alpha value is -0.570. The Kier molecular flexibility index (Phi) is 3.62. The summed E-state index contributed by atoms with van der Waals surface area (Å²) in [6.45, 7) is 1.66. The lowest BCUT2D eigenvalue weighted by Crippen LogP contribution is -2.31. The lowest BCUT2D eigenvalue weighted by Gasteiger charge is -2.17. The van der Waals surface area contributed by atoms with Crippen molar-refractivity contribution in [2.24, 2.45) is 11.7 Å². The van der Waals surface area contributed by atoms with Crippen LogP contribution in [-0.2, 0) is 4.79 Å². The van der Waals surface area contributed by atoms with Crippen molar-refractivity contribution in [1.29, 1.82) is 0 Å². The molecule has 0 aromatic rings. The fraction of sp³-hybridized carbons (Fsp3) is 0.917. The van der Waals surface area contributed by atoms with E-state index in [2.05, 4.69) is 0 Å². The van der Waals surface area contributed by atoms with E-state index in [0.717, 1.165) is 38.3 Å². The van der Waals surface area contributed by atoms with Crippen molar-refractivity contribution in [1.82, 2.24) is 4.90 Å². The molecular formula is C12H22N2O. The minimum absolute atomic E-state index is 0.223. The minimum Gasteiger partial charge on any atom is -0.341 e. The van der Waals surface area contributed by atoms with Gasteiger partial charge >= 0.3 is 0 Å². The third kappa shape index (κ3) is 2.94. The standard InChI is InChI=1S/C12H22N2O/c13-11-7-8-14(9-11)12(15)6-5-10-3-1-2-4-10/h10-11H,1-9,13H2. The molecule has 2 aliphatic rings. The number of nitrogens with zero attached hydrogens (tertiary/aromatic N) is 1. The lowest BCUT2D eigenvalue weighted by molar-refractivity contribution is -0.130. The van der Waals surface area contributed by atoms with Crippen LogP contribution in [0.25, 0.3) is 0 Å². The van der Waals surface area contributed by atoms with E-state index in [1.807, 2.05) is 4.90 Å². The normalized spacial score (nSPS) is 27.5. The molecule has 0 radical (unpaired) electrons. The summed E-state index contributed by atoms with van der Waals surface area (Å²) in [6, 6.07) is 0.223. The van der Waals surface area contributed by atoms with Gasteiger partial charge in [0, 0.05) is 25.6 Å². The molecule has 1 amide bonds. The topological polar surface area (TPSA) is 46.3 Å². The molecule has 0 spiro atoms. The Morgan fingerprint density at radius 2 is 2.00 bits per heavy atom. The van der Waals surface area contributed by atoms with Gasteiger partial charge in [-0.25, -0.2) is 0 Å². The average Bonchev–Trinajstić information content (AvgIpc) is 2.84. The summed E-state index contributed by atoms with van der Waals surface area (Å²) in [6.07, 6.45) is 8.25. The molecule has 1 saturated carbocycles. The molecule has 1 saturated heterocycles. The van der Waals surface area contributed by atoms with Crippen molar-refractivity contribution >= 4 is 5.91 Å².